The van der Waals surface area contributed by atoms with E-state index in [1.165, 1.54) is 13.2 Å². The molecule has 7 heteroatoms. The van der Waals surface area contributed by atoms with Gasteiger partial charge < -0.3 is 4.74 Å². The number of Topliss-reactive ketones (excluding diaryl/α,β-unsaturated/α-hetero) is 1. The molecule has 0 atom stereocenters. The fourth-order valence-corrected chi connectivity index (χ4v) is 1.60. The van der Waals surface area contributed by atoms with Crippen molar-refractivity contribution < 1.29 is 14.5 Å². The van der Waals surface area contributed by atoms with Crippen molar-refractivity contribution in [2.75, 3.05) is 12.4 Å². The third kappa shape index (κ3) is 2.60. The van der Waals surface area contributed by atoms with E-state index in [1.807, 2.05) is 0 Å². The van der Waals surface area contributed by atoms with Gasteiger partial charge in [0.15, 0.2) is 5.78 Å². The second-order valence-corrected chi connectivity index (χ2v) is 3.56. The molecule has 0 amide bonds. The van der Waals surface area contributed by atoms with Gasteiger partial charge in [-0.15, -0.1) is 0 Å². The molecular formula is C10H7BrN2O4. The number of nitro benzene ring substituents is 1. The predicted molar refractivity (Wildman–Crippen MR) is 62.5 cm³/mol. The van der Waals surface area contributed by atoms with E-state index in [1.54, 1.807) is 6.07 Å². The molecule has 0 heterocycles. The summed E-state index contributed by atoms with van der Waals surface area (Å²) >= 11 is 2.94. The van der Waals surface area contributed by atoms with Gasteiger partial charge in [0.1, 0.15) is 11.3 Å². The number of hydrogen-bond acceptors (Lipinski definition) is 5. The Morgan fingerprint density at radius 1 is 1.65 bits per heavy atom. The fourth-order valence-electron chi connectivity index (χ4n) is 1.32. The summed E-state index contributed by atoms with van der Waals surface area (Å²) in [6, 6.07) is 4.12. The van der Waals surface area contributed by atoms with Crippen LogP contribution in [0.5, 0.6) is 5.75 Å². The Bertz CT molecular complexity index is 522. The Kier molecular flexibility index (Phi) is 4.17. The maximum Gasteiger partial charge on any atom is 0.285 e. The van der Waals surface area contributed by atoms with Crippen molar-refractivity contribution >= 4 is 27.4 Å². The highest BCUT2D eigenvalue weighted by Crippen LogP contribution is 2.31. The van der Waals surface area contributed by atoms with Gasteiger partial charge in [-0.25, -0.2) is 0 Å². The quantitative estimate of drug-likeness (QED) is 0.367. The van der Waals surface area contributed by atoms with Gasteiger partial charge in [0.05, 0.1) is 29.0 Å². The van der Waals surface area contributed by atoms with E-state index in [4.69, 9.17) is 10.00 Å². The van der Waals surface area contributed by atoms with Crippen molar-refractivity contribution in [1.82, 2.24) is 0 Å². The number of nitriles is 1. The molecule has 6 nitrogen and oxygen atoms in total. The summed E-state index contributed by atoms with van der Waals surface area (Å²) in [6.45, 7) is 0. The lowest BCUT2D eigenvalue weighted by molar-refractivity contribution is -0.385. The molecule has 0 bridgehead atoms. The summed E-state index contributed by atoms with van der Waals surface area (Å²) in [5, 5.41) is 19.5. The molecule has 0 unspecified atom stereocenters. The van der Waals surface area contributed by atoms with Crippen LogP contribution in [0.2, 0.25) is 0 Å². The fraction of sp³-hybridized carbons (Fsp3) is 0.200. The van der Waals surface area contributed by atoms with Crippen molar-refractivity contribution in [2.45, 2.75) is 0 Å². The zero-order chi connectivity index (χ0) is 13.0. The highest BCUT2D eigenvalue weighted by atomic mass is 79.9. The molecule has 88 valence electrons. The summed E-state index contributed by atoms with van der Waals surface area (Å²) in [6.07, 6.45) is 0. The Labute approximate surface area is 105 Å². The Hall–Kier alpha value is -1.94. The van der Waals surface area contributed by atoms with Crippen LogP contribution in [0, 0.1) is 21.4 Å². The molecule has 0 aromatic heterocycles. The SMILES string of the molecule is COc1cc(C#N)cc([N+](=O)[O-])c1C(=O)CBr. The van der Waals surface area contributed by atoms with Gasteiger partial charge in [-0.2, -0.15) is 5.26 Å². The first-order chi connectivity index (χ1) is 8.04. The number of nitro groups is 1. The summed E-state index contributed by atoms with van der Waals surface area (Å²) in [4.78, 5) is 21.7. The summed E-state index contributed by atoms with van der Waals surface area (Å²) in [5.41, 5.74) is -0.488. The van der Waals surface area contributed by atoms with E-state index in [2.05, 4.69) is 15.9 Å². The average Bonchev–Trinajstić information content (AvgIpc) is 2.35. The first kappa shape index (κ1) is 13.1. The number of rotatable bonds is 4. The minimum absolute atomic E-state index is 0.0280. The predicted octanol–water partition coefficient (Wildman–Crippen LogP) is 2.05. The van der Waals surface area contributed by atoms with Gasteiger partial charge in [-0.3, -0.25) is 14.9 Å². The van der Waals surface area contributed by atoms with Crippen molar-refractivity contribution in [3.05, 3.63) is 33.4 Å². The molecular weight excluding hydrogens is 292 g/mol. The highest BCUT2D eigenvalue weighted by molar-refractivity contribution is 9.09. The minimum atomic E-state index is -0.709. The van der Waals surface area contributed by atoms with Crippen molar-refractivity contribution in [3.63, 3.8) is 0 Å². The van der Waals surface area contributed by atoms with Gasteiger partial charge in [-0.1, -0.05) is 15.9 Å². The van der Waals surface area contributed by atoms with Crippen LogP contribution in [-0.2, 0) is 0 Å². The van der Waals surface area contributed by atoms with Crippen molar-refractivity contribution in [1.29, 1.82) is 5.26 Å². The van der Waals surface area contributed by atoms with E-state index in [-0.39, 0.29) is 22.2 Å². The summed E-state index contributed by atoms with van der Waals surface area (Å²) in [7, 11) is 1.28. The Balaban J connectivity index is 3.59. The van der Waals surface area contributed by atoms with Crippen LogP contribution >= 0.6 is 15.9 Å². The van der Waals surface area contributed by atoms with E-state index in [0.717, 1.165) is 6.07 Å². The van der Waals surface area contributed by atoms with E-state index >= 15 is 0 Å². The number of ether oxygens (including phenoxy) is 1. The maximum atomic E-state index is 11.6. The lowest BCUT2D eigenvalue weighted by Gasteiger charge is -2.07. The largest absolute Gasteiger partial charge is 0.496 e. The standard InChI is InChI=1S/C10H7BrN2O4/c1-17-9-3-6(5-12)2-7(13(15)16)10(9)8(14)4-11/h2-3H,4H2,1H3. The molecule has 0 spiro atoms. The monoisotopic (exact) mass is 298 g/mol. The molecule has 0 saturated heterocycles. The van der Waals surface area contributed by atoms with Gasteiger partial charge in [0.2, 0.25) is 0 Å². The lowest BCUT2D eigenvalue weighted by atomic mass is 10.1. The van der Waals surface area contributed by atoms with Crippen LogP contribution in [0.1, 0.15) is 15.9 Å². The molecule has 0 aliphatic rings. The van der Waals surface area contributed by atoms with Crippen LogP contribution in [0.15, 0.2) is 12.1 Å². The average molecular weight is 299 g/mol. The van der Waals surface area contributed by atoms with Crippen LogP contribution in [0.3, 0.4) is 0 Å². The van der Waals surface area contributed by atoms with E-state index < -0.39 is 16.4 Å². The minimum Gasteiger partial charge on any atom is -0.496 e. The normalized spacial score (nSPS) is 9.47. The van der Waals surface area contributed by atoms with Gasteiger partial charge in [-0.05, 0) is 6.07 Å². The molecule has 0 aliphatic heterocycles. The number of carbonyl (C=O) groups is 1. The first-order valence-electron chi connectivity index (χ1n) is 4.40. The van der Waals surface area contributed by atoms with Crippen molar-refractivity contribution in [3.8, 4) is 11.8 Å². The number of halogens is 1. The molecule has 17 heavy (non-hydrogen) atoms. The Morgan fingerprint density at radius 3 is 2.71 bits per heavy atom. The number of benzene rings is 1. The van der Waals surface area contributed by atoms with Gasteiger partial charge >= 0.3 is 0 Å². The van der Waals surface area contributed by atoms with Gasteiger partial charge in [0, 0.05) is 6.07 Å². The molecule has 1 rings (SSSR count). The van der Waals surface area contributed by atoms with Crippen LogP contribution in [-0.4, -0.2) is 23.1 Å². The molecule has 1 aromatic carbocycles. The zero-order valence-corrected chi connectivity index (χ0v) is 10.4. The number of nitrogens with zero attached hydrogens (tertiary/aromatic N) is 2. The smallest absolute Gasteiger partial charge is 0.285 e. The number of carbonyl (C=O) groups excluding carboxylic acids is 1. The van der Waals surface area contributed by atoms with Crippen LogP contribution in [0.4, 0.5) is 5.69 Å². The van der Waals surface area contributed by atoms with Crippen molar-refractivity contribution in [2.24, 2.45) is 0 Å². The molecule has 0 N–H and O–H groups in total. The lowest BCUT2D eigenvalue weighted by Crippen LogP contribution is -2.08. The Morgan fingerprint density at radius 2 is 2.29 bits per heavy atom. The van der Waals surface area contributed by atoms with Crippen LogP contribution < -0.4 is 4.74 Å². The number of methoxy groups -OCH3 is 1. The zero-order valence-electron chi connectivity index (χ0n) is 8.77. The third-order valence-electron chi connectivity index (χ3n) is 2.03. The topological polar surface area (TPSA) is 93.2 Å². The second kappa shape index (κ2) is 5.41. The second-order valence-electron chi connectivity index (χ2n) is 3.00. The van der Waals surface area contributed by atoms with E-state index in [0.29, 0.717) is 0 Å². The molecule has 1 aromatic rings. The molecule has 0 saturated carbocycles. The molecule has 0 aliphatic carbocycles. The highest BCUT2D eigenvalue weighted by Gasteiger charge is 2.25. The number of hydrogen-bond donors (Lipinski definition) is 0. The van der Waals surface area contributed by atoms with E-state index in [9.17, 15) is 14.9 Å². The summed E-state index contributed by atoms with van der Waals surface area (Å²) < 4.78 is 4.90. The third-order valence-corrected chi connectivity index (χ3v) is 2.54. The molecule has 0 radical (unpaired) electrons. The first-order valence-corrected chi connectivity index (χ1v) is 5.53. The molecule has 0 fully saturated rings. The maximum absolute atomic E-state index is 11.6. The van der Waals surface area contributed by atoms with Gasteiger partial charge in [0.25, 0.3) is 5.69 Å². The number of ketones is 1. The summed E-state index contributed by atoms with van der Waals surface area (Å²) in [5.74, 6) is -0.446. The van der Waals surface area contributed by atoms with Crippen LogP contribution in [0.25, 0.3) is 0 Å². The number of alkyl halides is 1.